The number of aliphatic hydroxyl groups excluding tert-OH is 1. The maximum Gasteiger partial charge on any atom is 0.231 e. The molecule has 1 aromatic rings. The van der Waals surface area contributed by atoms with Gasteiger partial charge in [0.25, 0.3) is 0 Å². The molecule has 0 radical (unpaired) electrons. The average Bonchev–Trinajstić information content (AvgIpc) is 2.73. The molecule has 82 valence electrons. The number of hydrogen-bond donors (Lipinski definition) is 2. The quantitative estimate of drug-likeness (QED) is 0.781. The summed E-state index contributed by atoms with van der Waals surface area (Å²) in [5.74, 6) is 1.44. The van der Waals surface area contributed by atoms with E-state index in [0.29, 0.717) is 5.75 Å². The van der Waals surface area contributed by atoms with Crippen molar-refractivity contribution in [3.8, 4) is 11.5 Å². The summed E-state index contributed by atoms with van der Waals surface area (Å²) >= 11 is 0. The summed E-state index contributed by atoms with van der Waals surface area (Å²) < 4.78 is 10.4. The number of ether oxygens (including phenoxy) is 2. The Balaban J connectivity index is 2.22. The topological polar surface area (TPSA) is 50.7 Å². The molecule has 0 saturated heterocycles. The van der Waals surface area contributed by atoms with Gasteiger partial charge in [0.1, 0.15) is 0 Å². The van der Waals surface area contributed by atoms with Crippen LogP contribution in [0.5, 0.6) is 11.5 Å². The Kier molecular flexibility index (Phi) is 2.79. The van der Waals surface area contributed by atoms with Crippen molar-refractivity contribution in [2.24, 2.45) is 0 Å². The van der Waals surface area contributed by atoms with Gasteiger partial charge in [-0.25, -0.2) is 0 Å². The maximum atomic E-state index is 9.96. The van der Waals surface area contributed by atoms with Crippen molar-refractivity contribution in [1.82, 2.24) is 5.32 Å². The minimum absolute atomic E-state index is 0.00497. The summed E-state index contributed by atoms with van der Waals surface area (Å²) in [5, 5.41) is 13.0. The molecule has 1 heterocycles. The fraction of sp³-hybridized carbons (Fsp3) is 0.455. The van der Waals surface area contributed by atoms with Gasteiger partial charge in [0.2, 0.25) is 6.79 Å². The van der Waals surface area contributed by atoms with Gasteiger partial charge in [-0.3, -0.25) is 0 Å². The molecule has 1 aliphatic rings. The molecule has 2 rings (SSSR count). The molecule has 15 heavy (non-hydrogen) atoms. The molecule has 0 spiro atoms. The van der Waals surface area contributed by atoms with Crippen molar-refractivity contribution in [2.45, 2.75) is 19.1 Å². The van der Waals surface area contributed by atoms with Crippen LogP contribution < -0.4 is 14.8 Å². The molecule has 0 saturated carbocycles. The van der Waals surface area contributed by atoms with Gasteiger partial charge in [-0.1, -0.05) is 6.07 Å². The second kappa shape index (κ2) is 4.08. The Morgan fingerprint density at radius 1 is 1.33 bits per heavy atom. The van der Waals surface area contributed by atoms with Gasteiger partial charge in [-0.05, 0) is 31.7 Å². The number of fused-ring (bicyclic) bond motifs is 1. The minimum Gasteiger partial charge on any atom is -0.454 e. The molecule has 0 fully saturated rings. The Bertz CT molecular complexity index is 354. The largest absolute Gasteiger partial charge is 0.454 e. The van der Waals surface area contributed by atoms with Crippen LogP contribution in [0.3, 0.4) is 0 Å². The minimum atomic E-state index is -0.538. The molecular weight excluding hydrogens is 194 g/mol. The Morgan fingerprint density at radius 2 is 2.07 bits per heavy atom. The van der Waals surface area contributed by atoms with Gasteiger partial charge in [0.15, 0.2) is 11.5 Å². The summed E-state index contributed by atoms with van der Waals surface area (Å²) in [6.45, 7) is 2.19. The highest BCUT2D eigenvalue weighted by molar-refractivity contribution is 5.45. The molecule has 0 aromatic heterocycles. The zero-order valence-electron chi connectivity index (χ0n) is 8.86. The predicted octanol–water partition coefficient (Wildman–Crippen LogP) is 1.06. The molecule has 0 unspecified atom stereocenters. The van der Waals surface area contributed by atoms with E-state index < -0.39 is 6.10 Å². The first kappa shape index (κ1) is 10.3. The summed E-state index contributed by atoms with van der Waals surface area (Å²) in [6.07, 6.45) is -0.538. The second-order valence-electron chi connectivity index (χ2n) is 3.63. The van der Waals surface area contributed by atoms with Crippen LogP contribution in [-0.4, -0.2) is 25.0 Å². The smallest absolute Gasteiger partial charge is 0.231 e. The summed E-state index contributed by atoms with van der Waals surface area (Å²) in [5.41, 5.74) is 0.834. The lowest BCUT2D eigenvalue weighted by Gasteiger charge is -2.18. The fourth-order valence-corrected chi connectivity index (χ4v) is 1.54. The summed E-state index contributed by atoms with van der Waals surface area (Å²) in [7, 11) is 1.82. The van der Waals surface area contributed by atoms with Crippen LogP contribution in [0.2, 0.25) is 0 Å². The first-order chi connectivity index (χ1) is 7.22. The van der Waals surface area contributed by atoms with Gasteiger partial charge >= 0.3 is 0 Å². The lowest BCUT2D eigenvalue weighted by molar-refractivity contribution is 0.139. The Hall–Kier alpha value is -1.26. The van der Waals surface area contributed by atoms with Crippen molar-refractivity contribution < 1.29 is 14.6 Å². The molecule has 1 aromatic carbocycles. The zero-order valence-corrected chi connectivity index (χ0v) is 8.86. The van der Waals surface area contributed by atoms with E-state index in [2.05, 4.69) is 5.32 Å². The first-order valence-electron chi connectivity index (χ1n) is 4.97. The monoisotopic (exact) mass is 209 g/mol. The van der Waals surface area contributed by atoms with Gasteiger partial charge < -0.3 is 19.9 Å². The van der Waals surface area contributed by atoms with Crippen LogP contribution >= 0.6 is 0 Å². The number of hydrogen-bond acceptors (Lipinski definition) is 4. The number of likely N-dealkylation sites (N-methyl/N-ethyl adjacent to an activating group) is 1. The van der Waals surface area contributed by atoms with Gasteiger partial charge in [-0.15, -0.1) is 0 Å². The molecule has 1 aliphatic heterocycles. The van der Waals surface area contributed by atoms with E-state index in [0.717, 1.165) is 11.3 Å². The third-order valence-electron chi connectivity index (χ3n) is 2.67. The maximum absolute atomic E-state index is 9.96. The molecule has 0 amide bonds. The highest BCUT2D eigenvalue weighted by Gasteiger charge is 2.19. The summed E-state index contributed by atoms with van der Waals surface area (Å²) in [4.78, 5) is 0. The van der Waals surface area contributed by atoms with E-state index in [1.54, 1.807) is 0 Å². The number of benzene rings is 1. The standard InChI is InChI=1S/C11H15NO3/c1-7(12-2)11(13)8-3-4-9-10(5-8)15-6-14-9/h3-5,7,11-13H,6H2,1-2H3/t7-,11-/m0/s1. The van der Waals surface area contributed by atoms with E-state index in [4.69, 9.17) is 9.47 Å². The SMILES string of the molecule is CN[C@@H](C)[C@H](O)c1ccc2c(c1)OCO2. The van der Waals surface area contributed by atoms with E-state index in [-0.39, 0.29) is 12.8 Å². The van der Waals surface area contributed by atoms with Gasteiger partial charge in [0.05, 0.1) is 6.10 Å². The van der Waals surface area contributed by atoms with Crippen LogP contribution in [0, 0.1) is 0 Å². The van der Waals surface area contributed by atoms with Crippen LogP contribution in [-0.2, 0) is 0 Å². The van der Waals surface area contributed by atoms with Gasteiger partial charge in [-0.2, -0.15) is 0 Å². The molecule has 0 bridgehead atoms. The highest BCUT2D eigenvalue weighted by atomic mass is 16.7. The molecule has 4 nitrogen and oxygen atoms in total. The van der Waals surface area contributed by atoms with Crippen molar-refractivity contribution >= 4 is 0 Å². The van der Waals surface area contributed by atoms with E-state index in [9.17, 15) is 5.11 Å². The Morgan fingerprint density at radius 3 is 2.80 bits per heavy atom. The summed E-state index contributed by atoms with van der Waals surface area (Å²) in [6, 6.07) is 5.50. The average molecular weight is 209 g/mol. The number of aliphatic hydroxyl groups is 1. The van der Waals surface area contributed by atoms with E-state index in [1.165, 1.54) is 0 Å². The van der Waals surface area contributed by atoms with Crippen LogP contribution in [0.15, 0.2) is 18.2 Å². The molecular formula is C11H15NO3. The molecule has 4 heteroatoms. The van der Waals surface area contributed by atoms with Crippen LogP contribution in [0.1, 0.15) is 18.6 Å². The first-order valence-corrected chi connectivity index (χ1v) is 4.97. The van der Waals surface area contributed by atoms with Crippen molar-refractivity contribution in [1.29, 1.82) is 0 Å². The zero-order chi connectivity index (χ0) is 10.8. The van der Waals surface area contributed by atoms with Crippen molar-refractivity contribution in [3.05, 3.63) is 23.8 Å². The molecule has 2 atom stereocenters. The lowest BCUT2D eigenvalue weighted by Crippen LogP contribution is -2.28. The third kappa shape index (κ3) is 1.91. The number of rotatable bonds is 3. The fourth-order valence-electron chi connectivity index (χ4n) is 1.54. The Labute approximate surface area is 88.8 Å². The number of nitrogens with one attached hydrogen (secondary N) is 1. The van der Waals surface area contributed by atoms with Crippen molar-refractivity contribution in [3.63, 3.8) is 0 Å². The predicted molar refractivity (Wildman–Crippen MR) is 56.0 cm³/mol. The normalized spacial score (nSPS) is 17.5. The van der Waals surface area contributed by atoms with E-state index in [1.807, 2.05) is 32.2 Å². The van der Waals surface area contributed by atoms with Crippen LogP contribution in [0.25, 0.3) is 0 Å². The third-order valence-corrected chi connectivity index (χ3v) is 2.67. The molecule has 2 N–H and O–H groups in total. The van der Waals surface area contributed by atoms with Crippen molar-refractivity contribution in [2.75, 3.05) is 13.8 Å². The molecule has 0 aliphatic carbocycles. The van der Waals surface area contributed by atoms with Crippen LogP contribution in [0.4, 0.5) is 0 Å². The van der Waals surface area contributed by atoms with E-state index >= 15 is 0 Å². The lowest BCUT2D eigenvalue weighted by atomic mass is 10.0. The van der Waals surface area contributed by atoms with Gasteiger partial charge in [0, 0.05) is 6.04 Å². The highest BCUT2D eigenvalue weighted by Crippen LogP contribution is 2.34. The second-order valence-corrected chi connectivity index (χ2v) is 3.63.